The molecular formula is C24H19ClF6N2O2S. The third-order valence-electron chi connectivity index (χ3n) is 5.26. The molecule has 0 radical (unpaired) electrons. The molecule has 0 spiro atoms. The van der Waals surface area contributed by atoms with Crippen molar-refractivity contribution < 1.29 is 36.2 Å². The average Bonchev–Trinajstić information content (AvgIpc) is 2.82. The van der Waals surface area contributed by atoms with Crippen LogP contribution < -0.4 is 0 Å². The van der Waals surface area contributed by atoms with Crippen LogP contribution in [0.1, 0.15) is 22.3 Å². The van der Waals surface area contributed by atoms with Crippen molar-refractivity contribution in [1.29, 1.82) is 0 Å². The first-order valence-electron chi connectivity index (χ1n) is 10.3. The monoisotopic (exact) mass is 548 g/mol. The molecule has 0 saturated heterocycles. The van der Waals surface area contributed by atoms with Crippen LogP contribution in [0.25, 0.3) is 11.1 Å². The summed E-state index contributed by atoms with van der Waals surface area (Å²) in [5.41, 5.74) is -1.76. The Morgan fingerprint density at radius 3 is 2.14 bits per heavy atom. The van der Waals surface area contributed by atoms with E-state index >= 15 is 0 Å². The van der Waals surface area contributed by atoms with Gasteiger partial charge in [0, 0.05) is 29.7 Å². The third-order valence-corrected chi connectivity index (χ3v) is 6.38. The minimum absolute atomic E-state index is 0.000770. The van der Waals surface area contributed by atoms with Gasteiger partial charge in [0.25, 0.3) is 0 Å². The predicted molar refractivity (Wildman–Crippen MR) is 124 cm³/mol. The van der Waals surface area contributed by atoms with Gasteiger partial charge in [-0.15, -0.1) is 11.8 Å². The number of pyridine rings is 1. The number of hydrogen-bond donors (Lipinski definition) is 1. The molecular weight excluding hydrogens is 530 g/mol. The standard InChI is InChI=1S/C24H19ClF6N2O2S/c1-36-20-5-3-2-4-18(20)17-6-7-32-22(25)19(17)12-33(21(35)13-34)11-14-8-15(23(26,27)28)10-16(9-14)24(29,30)31/h2-10,34H,11-13H2,1H3. The van der Waals surface area contributed by atoms with Crippen LogP contribution in [-0.2, 0) is 30.2 Å². The van der Waals surface area contributed by atoms with E-state index in [9.17, 15) is 36.2 Å². The Bertz CT molecular complexity index is 1220. The molecule has 0 aliphatic carbocycles. The lowest BCUT2D eigenvalue weighted by Gasteiger charge is -2.25. The van der Waals surface area contributed by atoms with Crippen LogP contribution in [0.5, 0.6) is 0 Å². The Morgan fingerprint density at radius 1 is 0.972 bits per heavy atom. The molecule has 4 nitrogen and oxygen atoms in total. The number of rotatable bonds is 7. The van der Waals surface area contributed by atoms with Crippen molar-refractivity contribution in [3.05, 3.63) is 82.1 Å². The van der Waals surface area contributed by atoms with Crippen molar-refractivity contribution in [2.24, 2.45) is 0 Å². The number of alkyl halides is 6. The molecule has 0 fully saturated rings. The Morgan fingerprint density at radius 2 is 1.58 bits per heavy atom. The highest BCUT2D eigenvalue weighted by Gasteiger charge is 2.37. The molecule has 1 amide bonds. The molecule has 0 bridgehead atoms. The van der Waals surface area contributed by atoms with Crippen LogP contribution in [0.15, 0.2) is 59.6 Å². The Kier molecular flexibility index (Phi) is 8.58. The van der Waals surface area contributed by atoms with Gasteiger partial charge < -0.3 is 10.0 Å². The van der Waals surface area contributed by atoms with Gasteiger partial charge in [-0.2, -0.15) is 26.3 Å². The number of aliphatic hydroxyl groups is 1. The van der Waals surface area contributed by atoms with E-state index in [-0.39, 0.29) is 17.8 Å². The molecule has 0 saturated carbocycles. The van der Waals surface area contributed by atoms with E-state index in [4.69, 9.17) is 11.6 Å². The van der Waals surface area contributed by atoms with Crippen molar-refractivity contribution >= 4 is 29.3 Å². The third kappa shape index (κ3) is 6.51. The smallest absolute Gasteiger partial charge is 0.387 e. The maximum absolute atomic E-state index is 13.3. The molecule has 36 heavy (non-hydrogen) atoms. The van der Waals surface area contributed by atoms with E-state index in [1.165, 1.54) is 18.0 Å². The van der Waals surface area contributed by atoms with Gasteiger partial charge in [0.2, 0.25) is 5.91 Å². The van der Waals surface area contributed by atoms with Crippen LogP contribution in [-0.4, -0.2) is 33.8 Å². The zero-order chi connectivity index (χ0) is 26.7. The lowest BCUT2D eigenvalue weighted by Crippen LogP contribution is -2.33. The van der Waals surface area contributed by atoms with Gasteiger partial charge in [-0.1, -0.05) is 29.8 Å². The Hall–Kier alpha value is -2.76. The minimum Gasteiger partial charge on any atom is -0.387 e. The lowest BCUT2D eigenvalue weighted by atomic mass is 10.0. The maximum Gasteiger partial charge on any atom is 0.416 e. The molecule has 3 aromatic rings. The number of carbonyl (C=O) groups is 1. The number of benzene rings is 2. The first kappa shape index (κ1) is 27.8. The second-order valence-electron chi connectivity index (χ2n) is 7.65. The number of aliphatic hydroxyl groups excluding tert-OH is 1. The molecule has 1 heterocycles. The summed E-state index contributed by atoms with van der Waals surface area (Å²) in [7, 11) is 0. The zero-order valence-electron chi connectivity index (χ0n) is 18.6. The van der Waals surface area contributed by atoms with Gasteiger partial charge in [-0.25, -0.2) is 4.98 Å². The molecule has 0 aliphatic rings. The number of hydrogen-bond acceptors (Lipinski definition) is 4. The van der Waals surface area contributed by atoms with Gasteiger partial charge in [-0.05, 0) is 53.3 Å². The molecule has 12 heteroatoms. The highest BCUT2D eigenvalue weighted by Crippen LogP contribution is 2.38. The predicted octanol–water partition coefficient (Wildman–Crippen LogP) is 6.68. The number of halogens is 7. The fourth-order valence-corrected chi connectivity index (χ4v) is 4.42. The number of amides is 1. The van der Waals surface area contributed by atoms with Crippen LogP contribution in [0, 0.1) is 0 Å². The second-order valence-corrected chi connectivity index (χ2v) is 8.86. The van der Waals surface area contributed by atoms with E-state index < -0.39 is 48.1 Å². The van der Waals surface area contributed by atoms with Crippen molar-refractivity contribution in [3.8, 4) is 11.1 Å². The van der Waals surface area contributed by atoms with Crippen LogP contribution in [0.2, 0.25) is 5.15 Å². The molecule has 3 rings (SSSR count). The highest BCUT2D eigenvalue weighted by molar-refractivity contribution is 7.98. The fourth-order valence-electron chi connectivity index (χ4n) is 3.59. The van der Waals surface area contributed by atoms with Crippen molar-refractivity contribution in [2.75, 3.05) is 12.9 Å². The summed E-state index contributed by atoms with van der Waals surface area (Å²) >= 11 is 7.77. The summed E-state index contributed by atoms with van der Waals surface area (Å²) in [5.74, 6) is -0.912. The molecule has 1 N–H and O–H groups in total. The maximum atomic E-state index is 13.3. The number of nitrogens with zero attached hydrogens (tertiary/aromatic N) is 2. The molecule has 2 aromatic carbocycles. The first-order valence-corrected chi connectivity index (χ1v) is 11.9. The summed E-state index contributed by atoms with van der Waals surface area (Å²) in [6, 6.07) is 10.0. The van der Waals surface area contributed by atoms with E-state index in [2.05, 4.69) is 4.98 Å². The average molecular weight is 549 g/mol. The zero-order valence-corrected chi connectivity index (χ0v) is 20.2. The fraction of sp³-hybridized carbons (Fsp3) is 0.250. The van der Waals surface area contributed by atoms with Gasteiger partial charge in [0.1, 0.15) is 11.8 Å². The number of aromatic nitrogens is 1. The van der Waals surface area contributed by atoms with Gasteiger partial charge >= 0.3 is 12.4 Å². The van der Waals surface area contributed by atoms with Gasteiger partial charge in [0.15, 0.2) is 0 Å². The van der Waals surface area contributed by atoms with Crippen LogP contribution in [0.3, 0.4) is 0 Å². The Labute approximate surface area is 211 Å². The molecule has 0 aliphatic heterocycles. The normalized spacial score (nSPS) is 12.0. The number of carbonyl (C=O) groups excluding carboxylic acids is 1. The van der Waals surface area contributed by atoms with Crippen molar-refractivity contribution in [3.63, 3.8) is 0 Å². The quantitative estimate of drug-likeness (QED) is 0.203. The lowest BCUT2D eigenvalue weighted by molar-refractivity contribution is -0.143. The summed E-state index contributed by atoms with van der Waals surface area (Å²) in [4.78, 5) is 18.4. The van der Waals surface area contributed by atoms with Crippen molar-refractivity contribution in [1.82, 2.24) is 9.88 Å². The van der Waals surface area contributed by atoms with E-state index in [1.807, 2.05) is 24.5 Å². The molecule has 0 unspecified atom stereocenters. The number of thioether (sulfide) groups is 1. The van der Waals surface area contributed by atoms with Crippen molar-refractivity contribution in [2.45, 2.75) is 30.3 Å². The SMILES string of the molecule is CSc1ccccc1-c1ccnc(Cl)c1CN(Cc1cc(C(F)(F)F)cc(C(F)(F)F)c1)C(=O)CO. The minimum atomic E-state index is -5.04. The molecule has 0 atom stereocenters. The molecule has 192 valence electrons. The van der Waals surface area contributed by atoms with E-state index in [1.54, 1.807) is 12.1 Å². The summed E-state index contributed by atoms with van der Waals surface area (Å²) in [5, 5.41) is 9.46. The van der Waals surface area contributed by atoms with Gasteiger partial charge in [-0.3, -0.25) is 4.79 Å². The van der Waals surface area contributed by atoms with Crippen LogP contribution >= 0.6 is 23.4 Å². The summed E-state index contributed by atoms with van der Waals surface area (Å²) in [6.45, 7) is -1.97. The summed E-state index contributed by atoms with van der Waals surface area (Å²) < 4.78 is 79.8. The van der Waals surface area contributed by atoms with Crippen LogP contribution in [0.4, 0.5) is 26.3 Å². The topological polar surface area (TPSA) is 53.4 Å². The summed E-state index contributed by atoms with van der Waals surface area (Å²) in [6.07, 6.45) is -6.78. The second kappa shape index (κ2) is 11.1. The largest absolute Gasteiger partial charge is 0.416 e. The molecule has 1 aromatic heterocycles. The van der Waals surface area contributed by atoms with E-state index in [0.29, 0.717) is 23.3 Å². The van der Waals surface area contributed by atoms with E-state index in [0.717, 1.165) is 15.4 Å². The first-order chi connectivity index (χ1) is 16.8. The Balaban J connectivity index is 2.08. The highest BCUT2D eigenvalue weighted by atomic mass is 35.5. The van der Waals surface area contributed by atoms with Gasteiger partial charge in [0.05, 0.1) is 11.1 Å².